The van der Waals surface area contributed by atoms with Gasteiger partial charge in [-0.1, -0.05) is 19.0 Å². The van der Waals surface area contributed by atoms with Crippen molar-refractivity contribution in [1.82, 2.24) is 0 Å². The molecular formula is C7H15NO2. The zero-order valence-electron chi connectivity index (χ0n) is 6.67. The van der Waals surface area contributed by atoms with E-state index < -0.39 is 0 Å². The van der Waals surface area contributed by atoms with Gasteiger partial charge in [-0.15, -0.1) is 0 Å². The van der Waals surface area contributed by atoms with Gasteiger partial charge in [-0.25, -0.2) is 0 Å². The normalized spacial score (nSPS) is 19.0. The molecule has 1 rings (SSSR count). The Morgan fingerprint density at radius 2 is 1.80 bits per heavy atom. The molecule has 1 aliphatic rings. The molecule has 0 atom stereocenters. The molecule has 0 aromatic carbocycles. The van der Waals surface area contributed by atoms with Crippen molar-refractivity contribution in [2.45, 2.75) is 32.7 Å². The second-order valence-electron chi connectivity index (χ2n) is 1.95. The van der Waals surface area contributed by atoms with E-state index in [1.165, 1.54) is 0 Å². The summed E-state index contributed by atoms with van der Waals surface area (Å²) in [5.41, 5.74) is 0. The van der Waals surface area contributed by atoms with Crippen LogP contribution in [0.1, 0.15) is 26.7 Å². The standard InChI is InChI=1S/C5H9NO2.C2H6/c7-6-5-1-3-8-4-2-5;1-2/h5H,1-4H2;1-2H3. The smallest absolute Gasteiger partial charge is 0.0963 e. The Labute approximate surface area is 61.7 Å². The molecular weight excluding hydrogens is 130 g/mol. The fourth-order valence-electron chi connectivity index (χ4n) is 0.791. The third-order valence-electron chi connectivity index (χ3n) is 1.34. The zero-order chi connectivity index (χ0) is 7.82. The highest BCUT2D eigenvalue weighted by atomic mass is 16.5. The minimum absolute atomic E-state index is 0.0312. The van der Waals surface area contributed by atoms with Gasteiger partial charge in [-0.05, 0) is 12.8 Å². The maximum Gasteiger partial charge on any atom is 0.0963 e. The highest BCUT2D eigenvalue weighted by Gasteiger charge is 2.12. The molecule has 1 fully saturated rings. The minimum atomic E-state index is 0.0312. The fourth-order valence-corrected chi connectivity index (χ4v) is 0.791. The van der Waals surface area contributed by atoms with Crippen LogP contribution in [0.25, 0.3) is 0 Å². The summed E-state index contributed by atoms with van der Waals surface area (Å²) >= 11 is 0. The van der Waals surface area contributed by atoms with Crippen LogP contribution in [0.3, 0.4) is 0 Å². The van der Waals surface area contributed by atoms with E-state index in [1.807, 2.05) is 13.8 Å². The maximum absolute atomic E-state index is 9.85. The van der Waals surface area contributed by atoms with Gasteiger partial charge >= 0.3 is 0 Å². The van der Waals surface area contributed by atoms with Crippen LogP contribution in [-0.2, 0) is 4.74 Å². The van der Waals surface area contributed by atoms with Crippen LogP contribution < -0.4 is 0 Å². The van der Waals surface area contributed by atoms with E-state index in [2.05, 4.69) is 5.18 Å². The molecule has 60 valence electrons. The average molecular weight is 145 g/mol. The first-order valence-electron chi connectivity index (χ1n) is 3.83. The molecule has 0 aromatic rings. The van der Waals surface area contributed by atoms with Crippen LogP contribution in [0.5, 0.6) is 0 Å². The zero-order valence-corrected chi connectivity index (χ0v) is 6.67. The lowest BCUT2D eigenvalue weighted by Gasteiger charge is -2.14. The monoisotopic (exact) mass is 145 g/mol. The molecule has 1 saturated heterocycles. The molecule has 0 saturated carbocycles. The van der Waals surface area contributed by atoms with E-state index in [4.69, 9.17) is 4.74 Å². The molecule has 0 spiro atoms. The number of rotatable bonds is 1. The van der Waals surface area contributed by atoms with Crippen LogP contribution >= 0.6 is 0 Å². The third-order valence-corrected chi connectivity index (χ3v) is 1.34. The summed E-state index contributed by atoms with van der Waals surface area (Å²) in [6.07, 6.45) is 1.62. The lowest BCUT2D eigenvalue weighted by molar-refractivity contribution is 0.0868. The molecule has 0 amide bonds. The molecule has 0 bridgehead atoms. The van der Waals surface area contributed by atoms with Gasteiger partial charge in [-0.2, -0.15) is 4.91 Å². The van der Waals surface area contributed by atoms with Gasteiger partial charge in [0.05, 0.1) is 6.04 Å². The first-order chi connectivity index (χ1) is 4.93. The Morgan fingerprint density at radius 3 is 2.10 bits per heavy atom. The summed E-state index contributed by atoms with van der Waals surface area (Å²) in [5, 5.41) is 2.92. The van der Waals surface area contributed by atoms with Gasteiger partial charge in [0.15, 0.2) is 0 Å². The molecule has 1 heterocycles. The first kappa shape index (κ1) is 9.56. The third kappa shape index (κ3) is 3.56. The van der Waals surface area contributed by atoms with E-state index in [0.717, 1.165) is 12.8 Å². The minimum Gasteiger partial charge on any atom is -0.381 e. The van der Waals surface area contributed by atoms with Gasteiger partial charge < -0.3 is 4.74 Å². The van der Waals surface area contributed by atoms with Crippen LogP contribution in [0.2, 0.25) is 0 Å². The molecule has 3 heteroatoms. The average Bonchev–Trinajstić information content (AvgIpc) is 2.10. The topological polar surface area (TPSA) is 38.7 Å². The van der Waals surface area contributed by atoms with Crippen LogP contribution in [0.15, 0.2) is 5.18 Å². The molecule has 10 heavy (non-hydrogen) atoms. The first-order valence-corrected chi connectivity index (χ1v) is 3.83. The van der Waals surface area contributed by atoms with E-state index >= 15 is 0 Å². The molecule has 3 nitrogen and oxygen atoms in total. The van der Waals surface area contributed by atoms with Crippen molar-refractivity contribution in [3.05, 3.63) is 4.91 Å². The summed E-state index contributed by atoms with van der Waals surface area (Å²) in [6, 6.07) is 0.0312. The summed E-state index contributed by atoms with van der Waals surface area (Å²) in [6.45, 7) is 5.41. The summed E-state index contributed by atoms with van der Waals surface area (Å²) in [5.74, 6) is 0. The predicted molar refractivity (Wildman–Crippen MR) is 41.0 cm³/mol. The van der Waals surface area contributed by atoms with Crippen LogP contribution in [-0.4, -0.2) is 19.3 Å². The van der Waals surface area contributed by atoms with Crippen molar-refractivity contribution in [3.63, 3.8) is 0 Å². The number of nitroso groups, excluding NO2 is 1. The molecule has 0 unspecified atom stereocenters. The Morgan fingerprint density at radius 1 is 1.30 bits per heavy atom. The second-order valence-corrected chi connectivity index (χ2v) is 1.95. The molecule has 0 N–H and O–H groups in total. The second kappa shape index (κ2) is 6.68. The summed E-state index contributed by atoms with van der Waals surface area (Å²) in [7, 11) is 0. The van der Waals surface area contributed by atoms with Gasteiger partial charge in [0, 0.05) is 13.2 Å². The van der Waals surface area contributed by atoms with Crippen molar-refractivity contribution in [1.29, 1.82) is 0 Å². The molecule has 0 radical (unpaired) electrons. The van der Waals surface area contributed by atoms with Crippen molar-refractivity contribution in [2.24, 2.45) is 5.18 Å². The summed E-state index contributed by atoms with van der Waals surface area (Å²) < 4.78 is 5.00. The van der Waals surface area contributed by atoms with Crippen molar-refractivity contribution >= 4 is 0 Å². The molecule has 1 aliphatic heterocycles. The Bertz CT molecular complexity index is 79.7. The molecule has 0 aliphatic carbocycles. The van der Waals surface area contributed by atoms with Gasteiger partial charge in [0.1, 0.15) is 0 Å². The van der Waals surface area contributed by atoms with Crippen molar-refractivity contribution < 1.29 is 4.74 Å². The number of hydrogen-bond donors (Lipinski definition) is 0. The van der Waals surface area contributed by atoms with Crippen molar-refractivity contribution in [3.8, 4) is 0 Å². The highest BCUT2D eigenvalue weighted by Crippen LogP contribution is 2.08. The van der Waals surface area contributed by atoms with Gasteiger partial charge in [0.25, 0.3) is 0 Å². The highest BCUT2D eigenvalue weighted by molar-refractivity contribution is 4.67. The SMILES string of the molecule is CC.O=NC1CCOCC1. The fraction of sp³-hybridized carbons (Fsp3) is 1.00. The van der Waals surface area contributed by atoms with Gasteiger partial charge in [-0.3, -0.25) is 0 Å². The lowest BCUT2D eigenvalue weighted by atomic mass is 10.1. The van der Waals surface area contributed by atoms with Crippen LogP contribution in [0.4, 0.5) is 0 Å². The maximum atomic E-state index is 9.85. The lowest BCUT2D eigenvalue weighted by Crippen LogP contribution is -2.17. The quantitative estimate of drug-likeness (QED) is 0.529. The Hall–Kier alpha value is -0.440. The number of ether oxygens (including phenoxy) is 1. The Kier molecular flexibility index (Phi) is 6.38. The Balaban J connectivity index is 0.000000371. The van der Waals surface area contributed by atoms with Crippen LogP contribution in [0, 0.1) is 4.91 Å². The largest absolute Gasteiger partial charge is 0.381 e. The predicted octanol–water partition coefficient (Wildman–Crippen LogP) is 1.96. The van der Waals surface area contributed by atoms with E-state index in [0.29, 0.717) is 13.2 Å². The number of nitrogens with zero attached hydrogens (tertiary/aromatic N) is 1. The van der Waals surface area contributed by atoms with E-state index in [1.54, 1.807) is 0 Å². The van der Waals surface area contributed by atoms with E-state index in [-0.39, 0.29) is 6.04 Å². The molecule has 0 aromatic heterocycles. The summed E-state index contributed by atoms with van der Waals surface area (Å²) in [4.78, 5) is 9.85. The van der Waals surface area contributed by atoms with Gasteiger partial charge in [0.2, 0.25) is 0 Å². The number of hydrogen-bond acceptors (Lipinski definition) is 3. The van der Waals surface area contributed by atoms with E-state index in [9.17, 15) is 4.91 Å². The van der Waals surface area contributed by atoms with Crippen molar-refractivity contribution in [2.75, 3.05) is 13.2 Å².